The van der Waals surface area contributed by atoms with Crippen molar-refractivity contribution in [3.05, 3.63) is 46.7 Å². The van der Waals surface area contributed by atoms with Crippen molar-refractivity contribution >= 4 is 26.9 Å². The zero-order valence-corrected chi connectivity index (χ0v) is 16.4. The second-order valence-electron chi connectivity index (χ2n) is 7.03. The topological polar surface area (TPSA) is 32.3 Å². The summed E-state index contributed by atoms with van der Waals surface area (Å²) in [6, 6.07) is 13.2. The van der Waals surface area contributed by atoms with Gasteiger partial charge in [0, 0.05) is 29.8 Å². The Kier molecular flexibility index (Phi) is 5.06. The molecule has 25 heavy (non-hydrogen) atoms. The molecule has 1 amide bonds. The Bertz CT molecular complexity index is 730. The van der Waals surface area contributed by atoms with Gasteiger partial charge >= 0.3 is 9.68 Å². The highest BCUT2D eigenvalue weighted by atomic mass is 32.1. The smallest absolute Gasteiger partial charge is 0.341 e. The molecule has 129 valence electrons. The lowest BCUT2D eigenvalue weighted by Crippen LogP contribution is -2.49. The highest BCUT2D eigenvalue weighted by molar-refractivity contribution is 7.10. The first-order chi connectivity index (χ1) is 12.3. The fourth-order valence-electron chi connectivity index (χ4n) is 3.96. The molecule has 1 saturated heterocycles. The van der Waals surface area contributed by atoms with Crippen molar-refractivity contribution in [3.63, 3.8) is 0 Å². The minimum Gasteiger partial charge on any atom is -0.341 e. The maximum Gasteiger partial charge on any atom is 0.585 e. The number of benzene rings is 1. The molecule has 1 N–H and O–H groups in total. The second-order valence-corrected chi connectivity index (χ2v) is 8.77. The van der Waals surface area contributed by atoms with Gasteiger partial charge in [-0.15, -0.1) is 11.3 Å². The van der Waals surface area contributed by atoms with Gasteiger partial charge in [0.25, 0.3) is 0 Å². The van der Waals surface area contributed by atoms with Gasteiger partial charge < -0.3 is 4.90 Å². The largest absolute Gasteiger partial charge is 0.585 e. The fraction of sp³-hybridized carbons (Fsp3) is 0.450. The van der Waals surface area contributed by atoms with Crippen LogP contribution in [0.15, 0.2) is 41.8 Å². The Morgan fingerprint density at radius 3 is 2.92 bits per heavy atom. The highest BCUT2D eigenvalue weighted by Gasteiger charge is 2.48. The average molecular weight is 369 g/mol. The molecule has 2 aromatic rings. The molecule has 2 heterocycles. The third-order valence-corrected chi connectivity index (χ3v) is 7.05. The first-order valence-electron chi connectivity index (χ1n) is 9.12. The molecule has 0 spiro atoms. The van der Waals surface area contributed by atoms with Crippen LogP contribution in [-0.2, 0) is 4.79 Å². The molecule has 3 unspecified atom stereocenters. The van der Waals surface area contributed by atoms with Crippen LogP contribution in [0.4, 0.5) is 0 Å². The third-order valence-electron chi connectivity index (χ3n) is 5.31. The van der Waals surface area contributed by atoms with Gasteiger partial charge in [0.15, 0.2) is 0 Å². The van der Waals surface area contributed by atoms with Crippen LogP contribution < -0.4 is 4.98 Å². The predicted molar refractivity (Wildman–Crippen MR) is 105 cm³/mol. The molecule has 2 fully saturated rings. The number of nitrogens with one attached hydrogen (secondary N) is 1. The van der Waals surface area contributed by atoms with E-state index in [4.69, 9.17) is 0 Å². The molecule has 1 aromatic heterocycles. The quantitative estimate of drug-likeness (QED) is 0.815. The Balaban J connectivity index is 1.44. The number of carbonyl (C=O) groups is 1. The molecule has 1 aliphatic heterocycles. The number of carbonyl (C=O) groups excluding carboxylic acids is 1. The summed E-state index contributed by atoms with van der Waals surface area (Å²) >= 11 is 1.81. The fourth-order valence-corrected chi connectivity index (χ4v) is 5.70. The molecule has 4 rings (SSSR count). The van der Waals surface area contributed by atoms with Crippen LogP contribution in [0.3, 0.4) is 0 Å². The lowest BCUT2D eigenvalue weighted by atomic mass is 10.0. The SMILES string of the molecule is C[Si+]NC1CCCN(C(=O)C2CC2c2sccc2-c2ccccc2)C1. The van der Waals surface area contributed by atoms with Gasteiger partial charge in [-0.25, -0.2) is 0 Å². The Morgan fingerprint density at radius 1 is 1.28 bits per heavy atom. The summed E-state index contributed by atoms with van der Waals surface area (Å²) in [5, 5.41) is 2.17. The molecule has 3 atom stereocenters. The van der Waals surface area contributed by atoms with E-state index >= 15 is 0 Å². The molecule has 1 radical (unpaired) electrons. The first-order valence-corrected chi connectivity index (χ1v) is 11.5. The predicted octanol–water partition coefficient (Wildman–Crippen LogP) is 3.77. The van der Waals surface area contributed by atoms with Crippen molar-refractivity contribution in [2.45, 2.75) is 37.8 Å². The summed E-state index contributed by atoms with van der Waals surface area (Å²) in [5.74, 6) is 0.997. The van der Waals surface area contributed by atoms with Crippen molar-refractivity contribution in [2.75, 3.05) is 13.1 Å². The van der Waals surface area contributed by atoms with E-state index in [0.29, 0.717) is 17.9 Å². The number of piperidine rings is 1. The van der Waals surface area contributed by atoms with Gasteiger partial charge in [-0.1, -0.05) is 30.3 Å². The Morgan fingerprint density at radius 2 is 2.12 bits per heavy atom. The molecule has 2 aliphatic rings. The van der Waals surface area contributed by atoms with Crippen molar-refractivity contribution in [3.8, 4) is 11.1 Å². The van der Waals surface area contributed by atoms with Gasteiger partial charge in [-0.3, -0.25) is 4.79 Å². The maximum atomic E-state index is 13.0. The van der Waals surface area contributed by atoms with Gasteiger partial charge in [-0.05, 0) is 41.8 Å². The molecular weight excluding hydrogens is 344 g/mol. The van der Waals surface area contributed by atoms with Gasteiger partial charge in [0.1, 0.15) is 0 Å². The van der Waals surface area contributed by atoms with Crippen molar-refractivity contribution in [1.29, 1.82) is 0 Å². The molecule has 1 aliphatic carbocycles. The Hall–Kier alpha value is -1.43. The molecule has 1 saturated carbocycles. The third kappa shape index (κ3) is 3.59. The molecule has 0 bridgehead atoms. The summed E-state index contributed by atoms with van der Waals surface area (Å²) in [4.78, 5) is 20.0. The number of amides is 1. The zero-order chi connectivity index (χ0) is 17.2. The van der Waals surface area contributed by atoms with E-state index in [9.17, 15) is 4.79 Å². The van der Waals surface area contributed by atoms with Crippen LogP contribution in [0.5, 0.6) is 0 Å². The van der Waals surface area contributed by atoms with Gasteiger partial charge in [-0.2, -0.15) is 4.98 Å². The van der Waals surface area contributed by atoms with Crippen molar-refractivity contribution in [2.24, 2.45) is 5.92 Å². The lowest BCUT2D eigenvalue weighted by Gasteiger charge is -2.31. The van der Waals surface area contributed by atoms with E-state index in [0.717, 1.165) is 35.6 Å². The Labute approximate surface area is 156 Å². The van der Waals surface area contributed by atoms with Crippen LogP contribution in [0.1, 0.15) is 30.1 Å². The van der Waals surface area contributed by atoms with Crippen LogP contribution >= 0.6 is 11.3 Å². The number of nitrogens with zero attached hydrogens (tertiary/aromatic N) is 1. The lowest BCUT2D eigenvalue weighted by molar-refractivity contribution is -0.133. The first kappa shape index (κ1) is 17.0. The number of hydrogen-bond donors (Lipinski definition) is 1. The number of thiophene rings is 1. The summed E-state index contributed by atoms with van der Waals surface area (Å²) < 4.78 is 0. The summed E-state index contributed by atoms with van der Waals surface area (Å²) in [5.41, 5.74) is 2.58. The minimum atomic E-state index is 0.198. The standard InChI is InChI=1S/C20H24N2OSSi/c1-25-21-15-8-5-10-22(13-15)20(23)18-12-17(18)19-16(9-11-24-19)14-6-3-2-4-7-14/h2-4,6-7,9,11,15,17-18,21H,5,8,10,12-13H2,1H3/q+1. The number of rotatable bonds is 5. The average Bonchev–Trinajstić information content (AvgIpc) is 3.30. The number of hydrogen-bond acceptors (Lipinski definition) is 3. The summed E-state index contributed by atoms with van der Waals surface area (Å²) in [7, 11) is 0.755. The normalized spacial score (nSPS) is 25.6. The van der Waals surface area contributed by atoms with Crippen LogP contribution in [-0.4, -0.2) is 39.6 Å². The second kappa shape index (κ2) is 7.44. The highest BCUT2D eigenvalue weighted by Crippen LogP contribution is 2.53. The maximum absolute atomic E-state index is 13.0. The number of likely N-dealkylation sites (tertiary alicyclic amines) is 1. The monoisotopic (exact) mass is 368 g/mol. The van der Waals surface area contributed by atoms with Crippen LogP contribution in [0, 0.1) is 5.92 Å². The van der Waals surface area contributed by atoms with Gasteiger partial charge in [0.05, 0.1) is 12.6 Å². The van der Waals surface area contributed by atoms with Crippen molar-refractivity contribution in [1.82, 2.24) is 9.88 Å². The summed E-state index contributed by atoms with van der Waals surface area (Å²) in [6.45, 7) is 3.99. The van der Waals surface area contributed by atoms with E-state index in [1.54, 1.807) is 0 Å². The van der Waals surface area contributed by atoms with E-state index in [1.807, 2.05) is 11.3 Å². The van der Waals surface area contributed by atoms with E-state index in [-0.39, 0.29) is 5.92 Å². The zero-order valence-electron chi connectivity index (χ0n) is 14.6. The molecule has 3 nitrogen and oxygen atoms in total. The van der Waals surface area contributed by atoms with Crippen molar-refractivity contribution < 1.29 is 4.79 Å². The summed E-state index contributed by atoms with van der Waals surface area (Å²) in [6.07, 6.45) is 3.34. The molecule has 5 heteroatoms. The van der Waals surface area contributed by atoms with Crippen LogP contribution in [0.25, 0.3) is 11.1 Å². The molecular formula is C20H24N2OSSi+. The van der Waals surface area contributed by atoms with E-state index < -0.39 is 0 Å². The van der Waals surface area contributed by atoms with E-state index in [1.165, 1.54) is 22.4 Å². The van der Waals surface area contributed by atoms with Crippen LogP contribution in [0.2, 0.25) is 6.55 Å². The van der Waals surface area contributed by atoms with Gasteiger partial charge in [0.2, 0.25) is 5.91 Å². The minimum absolute atomic E-state index is 0.198. The van der Waals surface area contributed by atoms with E-state index in [2.05, 4.69) is 58.2 Å². The molecule has 1 aromatic carbocycles.